The van der Waals surface area contributed by atoms with Gasteiger partial charge in [0.2, 0.25) is 0 Å². The van der Waals surface area contributed by atoms with Gasteiger partial charge in [0.05, 0.1) is 12.3 Å². The Balaban J connectivity index is 1.53. The quantitative estimate of drug-likeness (QED) is 0.873. The van der Waals surface area contributed by atoms with Crippen molar-refractivity contribution in [2.75, 3.05) is 13.2 Å². The molecule has 1 saturated heterocycles. The van der Waals surface area contributed by atoms with Gasteiger partial charge in [-0.3, -0.25) is 0 Å². The van der Waals surface area contributed by atoms with Crippen LogP contribution in [0.3, 0.4) is 0 Å². The molecule has 1 fully saturated rings. The van der Waals surface area contributed by atoms with Gasteiger partial charge in [-0.2, -0.15) is 0 Å². The molecule has 16 heavy (non-hydrogen) atoms. The van der Waals surface area contributed by atoms with E-state index in [4.69, 9.17) is 9.72 Å². The molecule has 0 saturated carbocycles. The van der Waals surface area contributed by atoms with E-state index in [1.807, 2.05) is 11.3 Å². The Morgan fingerprint density at radius 1 is 1.38 bits per heavy atom. The van der Waals surface area contributed by atoms with E-state index in [2.05, 4.69) is 5.32 Å². The minimum Gasteiger partial charge on any atom is -0.380 e. The molecule has 1 aliphatic carbocycles. The average molecular weight is 238 g/mol. The number of hydrogen-bond donors (Lipinski definition) is 1. The second-order valence-corrected chi connectivity index (χ2v) is 5.79. The number of nitrogens with zero attached hydrogens (tertiary/aromatic N) is 1. The molecule has 0 amide bonds. The lowest BCUT2D eigenvalue weighted by Gasteiger charge is -2.22. The molecule has 0 aromatic carbocycles. The number of nitrogens with one attached hydrogen (secondary N) is 1. The fraction of sp³-hybridized carbons (Fsp3) is 0.750. The Hall–Kier alpha value is -0.450. The first-order valence-electron chi connectivity index (χ1n) is 6.20. The van der Waals surface area contributed by atoms with Crippen LogP contribution in [-0.2, 0) is 24.1 Å². The van der Waals surface area contributed by atoms with Crippen molar-refractivity contribution in [2.45, 2.75) is 44.7 Å². The van der Waals surface area contributed by atoms with Crippen molar-refractivity contribution in [1.82, 2.24) is 10.3 Å². The third kappa shape index (κ3) is 2.29. The summed E-state index contributed by atoms with van der Waals surface area (Å²) in [6, 6.07) is 0.535. The third-order valence-electron chi connectivity index (χ3n) is 3.34. The molecular formula is C12H18N2OS. The Labute approximate surface area is 100 Å². The van der Waals surface area contributed by atoms with Gasteiger partial charge < -0.3 is 10.1 Å². The number of fused-ring (bicyclic) bond motifs is 1. The Bertz CT molecular complexity index is 336. The molecule has 1 unspecified atom stereocenters. The Kier molecular flexibility index (Phi) is 3.22. The van der Waals surface area contributed by atoms with Gasteiger partial charge in [-0.15, -0.1) is 11.3 Å². The lowest BCUT2D eigenvalue weighted by Crippen LogP contribution is -2.36. The smallest absolute Gasteiger partial charge is 0.107 e. The lowest BCUT2D eigenvalue weighted by molar-refractivity contribution is 0.0699. The molecule has 4 heteroatoms. The van der Waals surface area contributed by atoms with Gasteiger partial charge in [-0.25, -0.2) is 4.98 Å². The van der Waals surface area contributed by atoms with Crippen LogP contribution < -0.4 is 5.32 Å². The monoisotopic (exact) mass is 238 g/mol. The van der Waals surface area contributed by atoms with Gasteiger partial charge in [0.25, 0.3) is 0 Å². The first-order valence-corrected chi connectivity index (χ1v) is 7.02. The molecule has 0 radical (unpaired) electrons. The predicted octanol–water partition coefficient (Wildman–Crippen LogP) is 1.90. The molecule has 3 nitrogen and oxygen atoms in total. The van der Waals surface area contributed by atoms with E-state index in [0.717, 1.165) is 19.8 Å². The van der Waals surface area contributed by atoms with E-state index in [1.165, 1.54) is 47.7 Å². The number of rotatable bonds is 3. The van der Waals surface area contributed by atoms with E-state index < -0.39 is 0 Å². The van der Waals surface area contributed by atoms with Gasteiger partial charge in [0.15, 0.2) is 0 Å². The van der Waals surface area contributed by atoms with Crippen molar-refractivity contribution in [3.05, 3.63) is 15.6 Å². The molecule has 1 aromatic rings. The highest BCUT2D eigenvalue weighted by atomic mass is 32.1. The fourth-order valence-corrected chi connectivity index (χ4v) is 3.56. The first kappa shape index (κ1) is 10.7. The summed E-state index contributed by atoms with van der Waals surface area (Å²) in [4.78, 5) is 6.22. The predicted molar refractivity (Wildman–Crippen MR) is 64.8 cm³/mol. The zero-order chi connectivity index (χ0) is 10.8. The summed E-state index contributed by atoms with van der Waals surface area (Å²) in [6.07, 6.45) is 6.17. The van der Waals surface area contributed by atoms with Crippen LogP contribution >= 0.6 is 11.3 Å². The van der Waals surface area contributed by atoms with E-state index >= 15 is 0 Å². The summed E-state index contributed by atoms with van der Waals surface area (Å²) in [6.45, 7) is 2.72. The molecule has 1 atom stereocenters. The van der Waals surface area contributed by atoms with E-state index in [9.17, 15) is 0 Å². The standard InChI is InChI=1S/C12H18N2OS/c1-4-10-11(5-1)16-12(14-10)7-13-9-3-2-6-15-8-9/h9,13H,1-8H2. The molecule has 1 N–H and O–H groups in total. The maximum Gasteiger partial charge on any atom is 0.107 e. The van der Waals surface area contributed by atoms with Crippen LogP contribution in [0.5, 0.6) is 0 Å². The summed E-state index contributed by atoms with van der Waals surface area (Å²) < 4.78 is 5.45. The van der Waals surface area contributed by atoms with Crippen molar-refractivity contribution >= 4 is 11.3 Å². The minimum atomic E-state index is 0.535. The van der Waals surface area contributed by atoms with Crippen molar-refractivity contribution in [2.24, 2.45) is 0 Å². The highest BCUT2D eigenvalue weighted by Crippen LogP contribution is 2.27. The van der Waals surface area contributed by atoms with Gasteiger partial charge in [-0.1, -0.05) is 0 Å². The molecule has 2 heterocycles. The zero-order valence-electron chi connectivity index (χ0n) is 9.50. The molecule has 0 bridgehead atoms. The van der Waals surface area contributed by atoms with Crippen LogP contribution in [0.2, 0.25) is 0 Å². The van der Waals surface area contributed by atoms with Crippen molar-refractivity contribution in [3.63, 3.8) is 0 Å². The van der Waals surface area contributed by atoms with Crippen LogP contribution in [0.4, 0.5) is 0 Å². The lowest BCUT2D eigenvalue weighted by atomic mass is 10.1. The van der Waals surface area contributed by atoms with Crippen LogP contribution in [0.15, 0.2) is 0 Å². The van der Waals surface area contributed by atoms with Gasteiger partial charge in [0.1, 0.15) is 5.01 Å². The second-order valence-electron chi connectivity index (χ2n) is 4.63. The maximum absolute atomic E-state index is 5.45. The molecule has 2 aliphatic rings. The first-order chi connectivity index (χ1) is 7.92. The van der Waals surface area contributed by atoms with E-state index in [0.29, 0.717) is 6.04 Å². The van der Waals surface area contributed by atoms with Gasteiger partial charge in [0, 0.05) is 24.1 Å². The van der Waals surface area contributed by atoms with Crippen LogP contribution in [0, 0.1) is 0 Å². The molecule has 3 rings (SSSR count). The topological polar surface area (TPSA) is 34.2 Å². The third-order valence-corrected chi connectivity index (χ3v) is 4.50. The summed E-state index contributed by atoms with van der Waals surface area (Å²) >= 11 is 1.90. The maximum atomic E-state index is 5.45. The van der Waals surface area contributed by atoms with E-state index in [1.54, 1.807) is 0 Å². The number of hydrogen-bond acceptors (Lipinski definition) is 4. The second kappa shape index (κ2) is 4.82. The molecule has 1 aromatic heterocycles. The van der Waals surface area contributed by atoms with Crippen molar-refractivity contribution in [3.8, 4) is 0 Å². The average Bonchev–Trinajstić information content (AvgIpc) is 2.88. The zero-order valence-corrected chi connectivity index (χ0v) is 10.3. The molecule has 1 aliphatic heterocycles. The SMILES string of the molecule is C1Cc2nc(CNC3CCCOC3)sc2C1. The molecule has 88 valence electrons. The summed E-state index contributed by atoms with van der Waals surface area (Å²) in [5, 5.41) is 4.81. The van der Waals surface area contributed by atoms with Gasteiger partial charge >= 0.3 is 0 Å². The highest BCUT2D eigenvalue weighted by Gasteiger charge is 2.18. The van der Waals surface area contributed by atoms with Crippen LogP contribution in [-0.4, -0.2) is 24.2 Å². The highest BCUT2D eigenvalue weighted by molar-refractivity contribution is 7.11. The summed E-state index contributed by atoms with van der Waals surface area (Å²) in [7, 11) is 0. The Morgan fingerprint density at radius 2 is 2.38 bits per heavy atom. The van der Waals surface area contributed by atoms with Crippen molar-refractivity contribution in [1.29, 1.82) is 0 Å². The van der Waals surface area contributed by atoms with Crippen molar-refractivity contribution < 1.29 is 4.74 Å². The number of aryl methyl sites for hydroxylation is 2. The largest absolute Gasteiger partial charge is 0.380 e. The number of ether oxygens (including phenoxy) is 1. The summed E-state index contributed by atoms with van der Waals surface area (Å²) in [5.74, 6) is 0. The number of aromatic nitrogens is 1. The molecule has 0 spiro atoms. The van der Waals surface area contributed by atoms with E-state index in [-0.39, 0.29) is 0 Å². The van der Waals surface area contributed by atoms with Crippen LogP contribution in [0.25, 0.3) is 0 Å². The van der Waals surface area contributed by atoms with Crippen LogP contribution in [0.1, 0.15) is 34.8 Å². The minimum absolute atomic E-state index is 0.535. The summed E-state index contributed by atoms with van der Waals surface area (Å²) in [5.41, 5.74) is 1.36. The molecular weight excluding hydrogens is 220 g/mol. The Morgan fingerprint density at radius 3 is 3.19 bits per heavy atom. The number of thiazole rings is 1. The normalized spacial score (nSPS) is 24.6. The van der Waals surface area contributed by atoms with Gasteiger partial charge in [-0.05, 0) is 32.1 Å². The fourth-order valence-electron chi connectivity index (χ4n) is 2.45.